The summed E-state index contributed by atoms with van der Waals surface area (Å²) in [6.45, 7) is 3.00. The van der Waals surface area contributed by atoms with E-state index in [1.807, 2.05) is 24.5 Å². The summed E-state index contributed by atoms with van der Waals surface area (Å²) in [4.78, 5) is 7.90. The van der Waals surface area contributed by atoms with Crippen LogP contribution in [-0.4, -0.2) is 23.2 Å². The molecule has 1 aromatic carbocycles. The molecule has 0 aliphatic carbocycles. The van der Waals surface area contributed by atoms with E-state index < -0.39 is 0 Å². The summed E-state index contributed by atoms with van der Waals surface area (Å²) in [5, 5.41) is 1.78. The number of piperidine rings is 1. The number of nitrogens with zero attached hydrogens (tertiary/aromatic N) is 2. The van der Waals surface area contributed by atoms with Gasteiger partial charge in [-0.2, -0.15) is 0 Å². The van der Waals surface area contributed by atoms with Gasteiger partial charge in [0, 0.05) is 13.1 Å². The van der Waals surface area contributed by atoms with Crippen molar-refractivity contribution < 1.29 is 4.84 Å². The zero-order valence-corrected chi connectivity index (χ0v) is 10.5. The van der Waals surface area contributed by atoms with Gasteiger partial charge in [-0.25, -0.2) is 0 Å². The second-order valence-corrected chi connectivity index (χ2v) is 4.79. The van der Waals surface area contributed by atoms with Gasteiger partial charge in [-0.15, -0.1) is 0 Å². The van der Waals surface area contributed by atoms with E-state index in [1.54, 1.807) is 5.17 Å². The van der Waals surface area contributed by atoms with E-state index in [9.17, 15) is 0 Å². The Kier molecular flexibility index (Phi) is 3.37. The maximum atomic E-state index is 5.54. The largest absolute Gasteiger partial charge is 0.390 e. The molecule has 0 spiro atoms. The summed E-state index contributed by atoms with van der Waals surface area (Å²) in [6.07, 6.45) is 5.71. The molecule has 2 aliphatic rings. The molecule has 0 atom stereocenters. The predicted octanol–water partition coefficient (Wildman–Crippen LogP) is 2.22. The molecule has 96 valence electrons. The first kappa shape index (κ1) is 11.4. The van der Waals surface area contributed by atoms with Crippen LogP contribution in [0, 0.1) is 0 Å². The highest BCUT2D eigenvalue weighted by Crippen LogP contribution is 2.17. The van der Waals surface area contributed by atoms with E-state index in [-0.39, 0.29) is 0 Å². The van der Waals surface area contributed by atoms with Crippen molar-refractivity contribution in [3.05, 3.63) is 48.0 Å². The van der Waals surface area contributed by atoms with Gasteiger partial charge in [0.2, 0.25) is 0 Å². The summed E-state index contributed by atoms with van der Waals surface area (Å²) < 4.78 is 0. The van der Waals surface area contributed by atoms with Gasteiger partial charge in [0.15, 0.2) is 12.1 Å². The molecule has 2 heterocycles. The van der Waals surface area contributed by atoms with Crippen molar-refractivity contribution in [2.24, 2.45) is 0 Å². The molecule has 1 fully saturated rings. The minimum Gasteiger partial charge on any atom is -0.390 e. The van der Waals surface area contributed by atoms with Crippen molar-refractivity contribution in [1.82, 2.24) is 15.5 Å². The molecule has 0 saturated carbocycles. The van der Waals surface area contributed by atoms with Crippen LogP contribution in [0.4, 0.5) is 0 Å². The van der Waals surface area contributed by atoms with Crippen molar-refractivity contribution in [3.8, 4) is 0 Å². The number of hydrazine groups is 1. The summed E-state index contributed by atoms with van der Waals surface area (Å²) >= 11 is 0. The maximum absolute atomic E-state index is 5.54. The van der Waals surface area contributed by atoms with E-state index >= 15 is 0 Å². The number of hydroxylamine groups is 1. The summed E-state index contributed by atoms with van der Waals surface area (Å²) in [6, 6.07) is 10.3. The Hall–Kier alpha value is -1.68. The predicted molar refractivity (Wildman–Crippen MR) is 69.7 cm³/mol. The minimum absolute atomic E-state index is 0.745. The molecule has 0 amide bonds. The minimum atomic E-state index is 0.745. The molecule has 0 radical (unpaired) electrons. The highest BCUT2D eigenvalue weighted by molar-refractivity contribution is 5.14. The lowest BCUT2D eigenvalue weighted by atomic mass is 10.1. The lowest BCUT2D eigenvalue weighted by Gasteiger charge is -2.29. The molecule has 3 rings (SSSR count). The molecular weight excluding hydrogens is 226 g/mol. The zero-order chi connectivity index (χ0) is 12.2. The van der Waals surface area contributed by atoms with Gasteiger partial charge in [-0.05, 0) is 30.0 Å². The lowest BCUT2D eigenvalue weighted by molar-refractivity contribution is -0.124. The molecule has 4 nitrogen and oxygen atoms in total. The smallest absolute Gasteiger partial charge is 0.157 e. The highest BCUT2D eigenvalue weighted by Gasteiger charge is 2.21. The Morgan fingerprint density at radius 3 is 2.61 bits per heavy atom. The monoisotopic (exact) mass is 245 g/mol. The van der Waals surface area contributed by atoms with Crippen LogP contribution in [0.25, 0.3) is 0 Å². The van der Waals surface area contributed by atoms with E-state index in [0.29, 0.717) is 0 Å². The van der Waals surface area contributed by atoms with Crippen LogP contribution in [0.2, 0.25) is 0 Å². The molecule has 18 heavy (non-hydrogen) atoms. The SMILES string of the molecule is C1=C(N2CCCCC2)NN(Cc2ccccc2)O1. The average Bonchev–Trinajstić information content (AvgIpc) is 2.89. The Balaban J connectivity index is 1.54. The average molecular weight is 245 g/mol. The third-order valence-corrected chi connectivity index (χ3v) is 3.40. The number of likely N-dealkylation sites (tertiary alicyclic amines) is 1. The molecule has 1 N–H and O–H groups in total. The van der Waals surface area contributed by atoms with E-state index in [2.05, 4.69) is 22.5 Å². The first-order chi connectivity index (χ1) is 8.92. The van der Waals surface area contributed by atoms with Gasteiger partial charge in [-0.3, -0.25) is 5.43 Å². The molecule has 0 aromatic heterocycles. The van der Waals surface area contributed by atoms with Gasteiger partial charge < -0.3 is 9.74 Å². The summed E-state index contributed by atoms with van der Waals surface area (Å²) in [5.74, 6) is 1.09. The van der Waals surface area contributed by atoms with Crippen molar-refractivity contribution in [3.63, 3.8) is 0 Å². The third-order valence-electron chi connectivity index (χ3n) is 3.40. The number of nitrogens with one attached hydrogen (secondary N) is 1. The topological polar surface area (TPSA) is 27.7 Å². The second-order valence-electron chi connectivity index (χ2n) is 4.79. The summed E-state index contributed by atoms with van der Waals surface area (Å²) in [7, 11) is 0. The van der Waals surface area contributed by atoms with E-state index in [4.69, 9.17) is 4.84 Å². The fourth-order valence-corrected chi connectivity index (χ4v) is 2.40. The Labute approximate surface area is 108 Å². The van der Waals surface area contributed by atoms with E-state index in [0.717, 1.165) is 25.5 Å². The molecule has 0 bridgehead atoms. The van der Waals surface area contributed by atoms with Gasteiger partial charge in [0.05, 0.1) is 6.54 Å². The lowest BCUT2D eigenvalue weighted by Crippen LogP contribution is -2.39. The first-order valence-corrected chi connectivity index (χ1v) is 6.62. The molecule has 4 heteroatoms. The first-order valence-electron chi connectivity index (χ1n) is 6.62. The number of benzene rings is 1. The maximum Gasteiger partial charge on any atom is 0.157 e. The quantitative estimate of drug-likeness (QED) is 0.883. The molecule has 2 aliphatic heterocycles. The van der Waals surface area contributed by atoms with Crippen LogP contribution in [0.15, 0.2) is 42.4 Å². The summed E-state index contributed by atoms with van der Waals surface area (Å²) in [5.41, 5.74) is 4.54. The van der Waals surface area contributed by atoms with Crippen molar-refractivity contribution in [2.75, 3.05) is 13.1 Å². The van der Waals surface area contributed by atoms with Crippen LogP contribution in [0.3, 0.4) is 0 Å². The van der Waals surface area contributed by atoms with Crippen molar-refractivity contribution in [2.45, 2.75) is 25.8 Å². The highest BCUT2D eigenvalue weighted by atomic mass is 16.7. The molecule has 1 saturated heterocycles. The Morgan fingerprint density at radius 2 is 1.83 bits per heavy atom. The fraction of sp³-hybridized carbons (Fsp3) is 0.429. The standard InChI is InChI=1S/C14H19N3O/c1-3-7-13(8-4-1)11-17-15-14(12-18-17)16-9-5-2-6-10-16/h1,3-4,7-8,12,15H,2,5-6,9-11H2. The molecule has 1 aromatic rings. The van der Waals surface area contributed by atoms with Crippen LogP contribution in [0.5, 0.6) is 0 Å². The van der Waals surface area contributed by atoms with Crippen LogP contribution in [-0.2, 0) is 11.4 Å². The van der Waals surface area contributed by atoms with Gasteiger partial charge >= 0.3 is 0 Å². The third kappa shape index (κ3) is 2.59. The van der Waals surface area contributed by atoms with E-state index in [1.165, 1.54) is 24.8 Å². The Bertz CT molecular complexity index is 412. The second kappa shape index (κ2) is 5.31. The molecular formula is C14H19N3O. The fourth-order valence-electron chi connectivity index (χ4n) is 2.40. The van der Waals surface area contributed by atoms with Crippen LogP contribution in [0.1, 0.15) is 24.8 Å². The normalized spacial score (nSPS) is 20.2. The van der Waals surface area contributed by atoms with Crippen molar-refractivity contribution >= 4 is 0 Å². The zero-order valence-electron chi connectivity index (χ0n) is 10.5. The van der Waals surface area contributed by atoms with Crippen LogP contribution >= 0.6 is 0 Å². The van der Waals surface area contributed by atoms with Gasteiger partial charge in [0.25, 0.3) is 0 Å². The number of hydrogen-bond donors (Lipinski definition) is 1. The van der Waals surface area contributed by atoms with Gasteiger partial charge in [0.1, 0.15) is 0 Å². The molecule has 0 unspecified atom stereocenters. The van der Waals surface area contributed by atoms with Gasteiger partial charge in [-0.1, -0.05) is 30.3 Å². The van der Waals surface area contributed by atoms with Crippen molar-refractivity contribution in [1.29, 1.82) is 0 Å². The number of hydrogen-bond acceptors (Lipinski definition) is 4. The number of rotatable bonds is 3. The Morgan fingerprint density at radius 1 is 1.06 bits per heavy atom. The van der Waals surface area contributed by atoms with Crippen LogP contribution < -0.4 is 5.43 Å².